The van der Waals surface area contributed by atoms with Crippen molar-refractivity contribution >= 4 is 23.2 Å². The van der Waals surface area contributed by atoms with Crippen LogP contribution < -0.4 is 0 Å². The van der Waals surface area contributed by atoms with E-state index in [9.17, 15) is 4.39 Å². The van der Waals surface area contributed by atoms with E-state index in [2.05, 4.69) is 13.2 Å². The molecule has 0 fully saturated rings. The molecule has 3 heteroatoms. The van der Waals surface area contributed by atoms with Crippen LogP contribution in [0.1, 0.15) is 6.92 Å². The van der Waals surface area contributed by atoms with Crippen LogP contribution in [0.25, 0.3) is 0 Å². The Morgan fingerprint density at radius 3 is 1.80 bits per heavy atom. The van der Waals surface area contributed by atoms with Crippen LogP contribution in [0.15, 0.2) is 34.6 Å². The fourth-order valence-corrected chi connectivity index (χ4v) is 0.551. The zero-order valence-electron chi connectivity index (χ0n) is 5.55. The molecule has 10 heavy (non-hydrogen) atoms. The molecule has 0 spiro atoms. The Morgan fingerprint density at radius 1 is 1.30 bits per heavy atom. The third-order valence-electron chi connectivity index (χ3n) is 0.806. The molecule has 0 N–H and O–H groups in total. The summed E-state index contributed by atoms with van der Waals surface area (Å²) in [5, 5.41) is -0.184. The Balaban J connectivity index is 4.67. The normalized spacial score (nSPS) is 12.4. The van der Waals surface area contributed by atoms with Crippen LogP contribution >= 0.6 is 23.2 Å². The molecule has 0 bridgehead atoms. The molecule has 0 unspecified atom stereocenters. The molecule has 0 saturated carbocycles. The maximum absolute atomic E-state index is 12.7. The zero-order chi connectivity index (χ0) is 8.31. The Bertz CT molecular complexity index is 182. The average molecular weight is 181 g/mol. The minimum Gasteiger partial charge on any atom is -0.205 e. The molecule has 56 valence electrons. The standard InChI is InChI=1S/C7H7Cl2F/c1-4(2)7(10)6(9)5(3)8/h1,3H2,2H3/b7-6-. The summed E-state index contributed by atoms with van der Waals surface area (Å²) in [6, 6.07) is 0. The lowest BCUT2D eigenvalue weighted by molar-refractivity contribution is 0.649. The van der Waals surface area contributed by atoms with Crippen molar-refractivity contribution in [3.63, 3.8) is 0 Å². The second-order valence-corrected chi connectivity index (χ2v) is 2.65. The van der Waals surface area contributed by atoms with E-state index in [1.165, 1.54) is 6.92 Å². The first-order valence-corrected chi connectivity index (χ1v) is 3.28. The Hall–Kier alpha value is -0.270. The predicted molar refractivity (Wildman–Crippen MR) is 43.8 cm³/mol. The van der Waals surface area contributed by atoms with Crippen LogP contribution in [0, 0.1) is 0 Å². The molecular weight excluding hydrogens is 174 g/mol. The molecule has 0 amide bonds. The zero-order valence-corrected chi connectivity index (χ0v) is 7.06. The van der Waals surface area contributed by atoms with Crippen LogP contribution in [-0.4, -0.2) is 0 Å². The summed E-state index contributed by atoms with van der Waals surface area (Å²) >= 11 is 10.7. The topological polar surface area (TPSA) is 0 Å². The molecule has 0 heterocycles. The molecule has 0 radical (unpaired) electrons. The minimum atomic E-state index is -0.610. The van der Waals surface area contributed by atoms with Crippen LogP contribution in [0.5, 0.6) is 0 Å². The minimum absolute atomic E-state index is 0.0119. The summed E-state index contributed by atoms with van der Waals surface area (Å²) in [5.74, 6) is -0.610. The number of hydrogen-bond donors (Lipinski definition) is 0. The van der Waals surface area contributed by atoms with Crippen molar-refractivity contribution in [3.8, 4) is 0 Å². The van der Waals surface area contributed by atoms with Crippen LogP contribution in [0.4, 0.5) is 4.39 Å². The van der Waals surface area contributed by atoms with Crippen molar-refractivity contribution in [3.05, 3.63) is 34.6 Å². The quantitative estimate of drug-likeness (QED) is 0.569. The molecular formula is C7H7Cl2F. The van der Waals surface area contributed by atoms with Gasteiger partial charge in [-0.05, 0) is 12.5 Å². The van der Waals surface area contributed by atoms with Crippen molar-refractivity contribution in [1.82, 2.24) is 0 Å². The van der Waals surface area contributed by atoms with Crippen molar-refractivity contribution in [1.29, 1.82) is 0 Å². The van der Waals surface area contributed by atoms with E-state index in [0.29, 0.717) is 0 Å². The van der Waals surface area contributed by atoms with Gasteiger partial charge in [0.15, 0.2) is 0 Å². The van der Waals surface area contributed by atoms with Gasteiger partial charge in [0.25, 0.3) is 0 Å². The molecule has 0 nitrogen and oxygen atoms in total. The van der Waals surface area contributed by atoms with E-state index < -0.39 is 5.83 Å². The summed E-state index contributed by atoms with van der Waals surface area (Å²) in [5.41, 5.74) is 0.242. The summed E-state index contributed by atoms with van der Waals surface area (Å²) in [6.07, 6.45) is 0. The molecule has 0 atom stereocenters. The number of halogens is 3. The van der Waals surface area contributed by atoms with E-state index >= 15 is 0 Å². The van der Waals surface area contributed by atoms with Crippen molar-refractivity contribution in [2.45, 2.75) is 6.92 Å². The molecule has 0 aromatic rings. The first-order valence-electron chi connectivity index (χ1n) is 2.52. The largest absolute Gasteiger partial charge is 0.205 e. The van der Waals surface area contributed by atoms with Gasteiger partial charge in [-0.1, -0.05) is 36.4 Å². The van der Waals surface area contributed by atoms with Crippen molar-refractivity contribution < 1.29 is 4.39 Å². The fourth-order valence-electron chi connectivity index (χ4n) is 0.306. The van der Waals surface area contributed by atoms with Gasteiger partial charge in [-0.3, -0.25) is 0 Å². The Labute approximate surface area is 69.6 Å². The van der Waals surface area contributed by atoms with Gasteiger partial charge in [0.2, 0.25) is 0 Å². The SMILES string of the molecule is C=C(C)/C(F)=C(/Cl)C(=C)Cl. The molecule has 0 aliphatic heterocycles. The van der Waals surface area contributed by atoms with Crippen LogP contribution in [0.3, 0.4) is 0 Å². The fraction of sp³-hybridized carbons (Fsp3) is 0.143. The van der Waals surface area contributed by atoms with Gasteiger partial charge < -0.3 is 0 Å². The maximum Gasteiger partial charge on any atom is 0.145 e. The van der Waals surface area contributed by atoms with E-state index in [0.717, 1.165) is 0 Å². The van der Waals surface area contributed by atoms with Gasteiger partial charge in [-0.25, -0.2) is 4.39 Å². The number of allylic oxidation sites excluding steroid dienone is 4. The van der Waals surface area contributed by atoms with E-state index in [1.54, 1.807) is 0 Å². The lowest BCUT2D eigenvalue weighted by Crippen LogP contribution is -1.79. The van der Waals surface area contributed by atoms with Gasteiger partial charge >= 0.3 is 0 Å². The third-order valence-corrected chi connectivity index (χ3v) is 1.49. The van der Waals surface area contributed by atoms with E-state index in [-0.39, 0.29) is 15.6 Å². The Morgan fingerprint density at radius 2 is 1.70 bits per heavy atom. The van der Waals surface area contributed by atoms with Gasteiger partial charge in [0.1, 0.15) is 5.83 Å². The highest BCUT2D eigenvalue weighted by Crippen LogP contribution is 2.25. The first kappa shape index (κ1) is 9.73. The predicted octanol–water partition coefficient (Wildman–Crippen LogP) is 3.73. The highest BCUT2D eigenvalue weighted by Gasteiger charge is 2.05. The third kappa shape index (κ3) is 2.54. The first-order chi connectivity index (χ1) is 4.46. The average Bonchev–Trinajstić information content (AvgIpc) is 1.84. The monoisotopic (exact) mass is 180 g/mol. The highest BCUT2D eigenvalue weighted by atomic mass is 35.5. The van der Waals surface area contributed by atoms with Gasteiger partial charge in [-0.2, -0.15) is 0 Å². The number of rotatable bonds is 2. The van der Waals surface area contributed by atoms with E-state index in [1.807, 2.05) is 0 Å². The van der Waals surface area contributed by atoms with Gasteiger partial charge in [0, 0.05) is 0 Å². The van der Waals surface area contributed by atoms with Crippen molar-refractivity contribution in [2.75, 3.05) is 0 Å². The second kappa shape index (κ2) is 3.79. The smallest absolute Gasteiger partial charge is 0.145 e. The molecule has 0 saturated heterocycles. The molecule has 0 aliphatic rings. The summed E-state index contributed by atoms with van der Waals surface area (Å²) in [6.45, 7) is 8.09. The molecule has 0 aromatic carbocycles. The molecule has 0 aromatic heterocycles. The van der Waals surface area contributed by atoms with Crippen LogP contribution in [-0.2, 0) is 0 Å². The van der Waals surface area contributed by atoms with Gasteiger partial charge in [-0.15, -0.1) is 0 Å². The lowest BCUT2D eigenvalue weighted by atomic mass is 10.3. The molecule has 0 aliphatic carbocycles. The molecule has 0 rings (SSSR count). The maximum atomic E-state index is 12.7. The Kier molecular flexibility index (Phi) is 3.69. The van der Waals surface area contributed by atoms with E-state index in [4.69, 9.17) is 23.2 Å². The summed E-state index contributed by atoms with van der Waals surface area (Å²) in [4.78, 5) is 0. The lowest BCUT2D eigenvalue weighted by Gasteiger charge is -1.97. The second-order valence-electron chi connectivity index (χ2n) is 1.81. The van der Waals surface area contributed by atoms with Crippen LogP contribution in [0.2, 0.25) is 0 Å². The summed E-state index contributed by atoms with van der Waals surface area (Å²) < 4.78 is 12.7. The van der Waals surface area contributed by atoms with Gasteiger partial charge in [0.05, 0.1) is 10.1 Å². The number of hydrogen-bond acceptors (Lipinski definition) is 0. The summed E-state index contributed by atoms with van der Waals surface area (Å²) in [7, 11) is 0. The highest BCUT2D eigenvalue weighted by molar-refractivity contribution is 6.43. The van der Waals surface area contributed by atoms with Crippen molar-refractivity contribution in [2.24, 2.45) is 0 Å².